The summed E-state index contributed by atoms with van der Waals surface area (Å²) >= 11 is 1.68. The van der Waals surface area contributed by atoms with E-state index in [-0.39, 0.29) is 5.91 Å². The molecule has 0 N–H and O–H groups in total. The van der Waals surface area contributed by atoms with Gasteiger partial charge in [0.1, 0.15) is 0 Å². The Bertz CT molecular complexity index is 953. The number of amides is 1. The summed E-state index contributed by atoms with van der Waals surface area (Å²) in [7, 11) is 0. The highest BCUT2D eigenvalue weighted by Gasteiger charge is 2.22. The van der Waals surface area contributed by atoms with Gasteiger partial charge in [0, 0.05) is 37.5 Å². The van der Waals surface area contributed by atoms with Crippen molar-refractivity contribution >= 4 is 23.5 Å². The predicted molar refractivity (Wildman–Crippen MR) is 124 cm³/mol. The van der Waals surface area contributed by atoms with Crippen molar-refractivity contribution in [3.8, 4) is 11.3 Å². The summed E-state index contributed by atoms with van der Waals surface area (Å²) < 4.78 is 0. The van der Waals surface area contributed by atoms with Gasteiger partial charge in [-0.25, -0.2) is 0 Å². The molecule has 0 unspecified atom stereocenters. The topological polar surface area (TPSA) is 49.3 Å². The van der Waals surface area contributed by atoms with Gasteiger partial charge in [0.25, 0.3) is 0 Å². The fourth-order valence-corrected chi connectivity index (χ4v) is 4.37. The average Bonchev–Trinajstić information content (AvgIpc) is 2.80. The second-order valence-electron chi connectivity index (χ2n) is 7.49. The third-order valence-corrected chi connectivity index (χ3v) is 6.28. The molecule has 0 radical (unpaired) electrons. The molecule has 0 bridgehead atoms. The van der Waals surface area contributed by atoms with Gasteiger partial charge in [-0.1, -0.05) is 60.2 Å². The molecule has 1 fully saturated rings. The van der Waals surface area contributed by atoms with Gasteiger partial charge in [-0.15, -0.1) is 22.0 Å². The zero-order chi connectivity index (χ0) is 20.8. The Morgan fingerprint density at radius 1 is 0.900 bits per heavy atom. The molecular formula is C24H26N4OS. The van der Waals surface area contributed by atoms with Crippen LogP contribution in [0.3, 0.4) is 0 Å². The van der Waals surface area contributed by atoms with E-state index in [2.05, 4.69) is 58.4 Å². The van der Waals surface area contributed by atoms with Crippen LogP contribution in [0.1, 0.15) is 11.1 Å². The quantitative estimate of drug-likeness (QED) is 0.605. The van der Waals surface area contributed by atoms with Crippen LogP contribution in [0.4, 0.5) is 5.82 Å². The van der Waals surface area contributed by atoms with E-state index in [0.29, 0.717) is 5.75 Å². The molecule has 4 rings (SSSR count). The van der Waals surface area contributed by atoms with Crippen molar-refractivity contribution in [3.05, 3.63) is 77.9 Å². The Morgan fingerprint density at radius 3 is 2.30 bits per heavy atom. The van der Waals surface area contributed by atoms with Gasteiger partial charge in [0.15, 0.2) is 5.82 Å². The van der Waals surface area contributed by atoms with E-state index in [4.69, 9.17) is 0 Å². The highest BCUT2D eigenvalue weighted by Crippen LogP contribution is 2.20. The first-order valence-electron chi connectivity index (χ1n) is 10.2. The van der Waals surface area contributed by atoms with Crippen LogP contribution in [0.2, 0.25) is 0 Å². The zero-order valence-electron chi connectivity index (χ0n) is 17.2. The Morgan fingerprint density at radius 2 is 1.63 bits per heavy atom. The Hall–Kier alpha value is -2.86. The number of piperazine rings is 1. The SMILES string of the molecule is Cc1ccc(-c2ccc(N3CCN(C(=O)CSCc4ccccc4)CC3)nn2)cc1. The zero-order valence-corrected chi connectivity index (χ0v) is 18.0. The third kappa shape index (κ3) is 5.19. The number of aryl methyl sites for hydroxylation is 1. The van der Waals surface area contributed by atoms with Crippen molar-refractivity contribution in [1.82, 2.24) is 15.1 Å². The molecule has 0 aliphatic carbocycles. The van der Waals surface area contributed by atoms with E-state index in [1.807, 2.05) is 35.2 Å². The molecule has 2 heterocycles. The lowest BCUT2D eigenvalue weighted by Gasteiger charge is -2.35. The van der Waals surface area contributed by atoms with E-state index < -0.39 is 0 Å². The van der Waals surface area contributed by atoms with Crippen LogP contribution in [0.5, 0.6) is 0 Å². The standard InChI is InChI=1S/C24H26N4OS/c1-19-7-9-21(10-8-19)22-11-12-23(26-25-22)27-13-15-28(16-14-27)24(29)18-30-17-20-5-3-2-4-6-20/h2-12H,13-18H2,1H3. The van der Waals surface area contributed by atoms with Crippen molar-refractivity contribution in [2.75, 3.05) is 36.8 Å². The first kappa shape index (κ1) is 20.4. The van der Waals surface area contributed by atoms with E-state index in [1.165, 1.54) is 11.1 Å². The lowest BCUT2D eigenvalue weighted by atomic mass is 10.1. The highest BCUT2D eigenvalue weighted by atomic mass is 32.2. The maximum absolute atomic E-state index is 12.5. The molecular weight excluding hydrogens is 392 g/mol. The van der Waals surface area contributed by atoms with Crippen LogP contribution in [-0.2, 0) is 10.5 Å². The lowest BCUT2D eigenvalue weighted by molar-refractivity contribution is -0.128. The van der Waals surface area contributed by atoms with Crippen LogP contribution in [0.15, 0.2) is 66.7 Å². The smallest absolute Gasteiger partial charge is 0.232 e. The molecule has 3 aromatic rings. The van der Waals surface area contributed by atoms with Gasteiger partial charge >= 0.3 is 0 Å². The summed E-state index contributed by atoms with van der Waals surface area (Å²) in [5, 5.41) is 8.82. The number of carbonyl (C=O) groups excluding carboxylic acids is 1. The van der Waals surface area contributed by atoms with Crippen molar-refractivity contribution in [1.29, 1.82) is 0 Å². The van der Waals surface area contributed by atoms with E-state index >= 15 is 0 Å². The molecule has 1 amide bonds. The lowest BCUT2D eigenvalue weighted by Crippen LogP contribution is -2.49. The molecule has 0 saturated carbocycles. The van der Waals surface area contributed by atoms with Crippen molar-refractivity contribution < 1.29 is 4.79 Å². The molecule has 1 saturated heterocycles. The van der Waals surface area contributed by atoms with Crippen LogP contribution in [0, 0.1) is 6.92 Å². The second-order valence-corrected chi connectivity index (χ2v) is 8.47. The maximum Gasteiger partial charge on any atom is 0.232 e. The number of hydrogen-bond donors (Lipinski definition) is 0. The first-order valence-corrected chi connectivity index (χ1v) is 11.4. The minimum Gasteiger partial charge on any atom is -0.352 e. The average molecular weight is 419 g/mol. The fourth-order valence-electron chi connectivity index (χ4n) is 3.48. The van der Waals surface area contributed by atoms with E-state index in [9.17, 15) is 4.79 Å². The second kappa shape index (κ2) is 9.76. The molecule has 6 heteroatoms. The number of anilines is 1. The number of hydrogen-bond acceptors (Lipinski definition) is 5. The van der Waals surface area contributed by atoms with Crippen LogP contribution in [-0.4, -0.2) is 52.9 Å². The van der Waals surface area contributed by atoms with Gasteiger partial charge in [-0.3, -0.25) is 4.79 Å². The third-order valence-electron chi connectivity index (χ3n) is 5.29. The normalized spacial score (nSPS) is 14.0. The van der Waals surface area contributed by atoms with Crippen molar-refractivity contribution in [3.63, 3.8) is 0 Å². The van der Waals surface area contributed by atoms with Crippen molar-refractivity contribution in [2.45, 2.75) is 12.7 Å². The molecule has 1 aromatic heterocycles. The van der Waals surface area contributed by atoms with Gasteiger partial charge in [-0.05, 0) is 24.6 Å². The van der Waals surface area contributed by atoms with Crippen LogP contribution >= 0.6 is 11.8 Å². The fraction of sp³-hybridized carbons (Fsp3) is 0.292. The van der Waals surface area contributed by atoms with E-state index in [0.717, 1.165) is 49.0 Å². The first-order chi connectivity index (χ1) is 14.7. The largest absolute Gasteiger partial charge is 0.352 e. The van der Waals surface area contributed by atoms with Gasteiger partial charge < -0.3 is 9.80 Å². The molecule has 154 valence electrons. The summed E-state index contributed by atoms with van der Waals surface area (Å²) in [6, 6.07) is 22.6. The van der Waals surface area contributed by atoms with Gasteiger partial charge in [0.05, 0.1) is 11.4 Å². The Kier molecular flexibility index (Phi) is 6.64. The molecule has 0 spiro atoms. The Balaban J connectivity index is 1.25. The number of aromatic nitrogens is 2. The minimum atomic E-state index is 0.219. The van der Waals surface area contributed by atoms with Crippen LogP contribution < -0.4 is 4.90 Å². The highest BCUT2D eigenvalue weighted by molar-refractivity contribution is 7.99. The van der Waals surface area contributed by atoms with Gasteiger partial charge in [0.2, 0.25) is 5.91 Å². The predicted octanol–water partition coefficient (Wildman–Crippen LogP) is 4.03. The molecule has 2 aromatic carbocycles. The number of carbonyl (C=O) groups is 1. The monoisotopic (exact) mass is 418 g/mol. The number of rotatable bonds is 6. The maximum atomic E-state index is 12.5. The molecule has 5 nitrogen and oxygen atoms in total. The summed E-state index contributed by atoms with van der Waals surface area (Å²) in [5.74, 6) is 2.49. The van der Waals surface area contributed by atoms with Crippen LogP contribution in [0.25, 0.3) is 11.3 Å². The molecule has 0 atom stereocenters. The molecule has 30 heavy (non-hydrogen) atoms. The van der Waals surface area contributed by atoms with E-state index in [1.54, 1.807) is 11.8 Å². The number of nitrogens with zero attached hydrogens (tertiary/aromatic N) is 4. The summed E-state index contributed by atoms with van der Waals surface area (Å²) in [6.45, 7) is 5.10. The minimum absolute atomic E-state index is 0.219. The van der Waals surface area contributed by atoms with Gasteiger partial charge in [-0.2, -0.15) is 0 Å². The number of benzene rings is 2. The molecule has 1 aliphatic heterocycles. The summed E-state index contributed by atoms with van der Waals surface area (Å²) in [4.78, 5) is 16.7. The Labute approximate surface area is 182 Å². The molecule has 1 aliphatic rings. The summed E-state index contributed by atoms with van der Waals surface area (Å²) in [5.41, 5.74) is 4.44. The van der Waals surface area contributed by atoms with Crippen molar-refractivity contribution in [2.24, 2.45) is 0 Å². The summed E-state index contributed by atoms with van der Waals surface area (Å²) in [6.07, 6.45) is 0. The number of thioether (sulfide) groups is 1.